The Morgan fingerprint density at radius 2 is 1.52 bits per heavy atom. The summed E-state index contributed by atoms with van der Waals surface area (Å²) in [4.78, 5) is 0. The van der Waals surface area contributed by atoms with Crippen molar-refractivity contribution in [3.8, 4) is 0 Å². The zero-order valence-electron chi connectivity index (χ0n) is 15.4. The van der Waals surface area contributed by atoms with Gasteiger partial charge in [-0.15, -0.1) is 0 Å². The van der Waals surface area contributed by atoms with Gasteiger partial charge in [0.15, 0.2) is 18.9 Å². The molecule has 4 fully saturated rings. The van der Waals surface area contributed by atoms with Crippen LogP contribution in [0.15, 0.2) is 30.3 Å². The highest BCUT2D eigenvalue weighted by molar-refractivity contribution is 5.16. The Hall–Kier alpha value is -1.18. The van der Waals surface area contributed by atoms with E-state index in [0.29, 0.717) is 0 Å². The van der Waals surface area contributed by atoms with Gasteiger partial charge < -0.3 is 48.8 Å². The van der Waals surface area contributed by atoms with Gasteiger partial charge in [-0.05, 0) is 0 Å². The number of ether oxygens (including phenoxy) is 6. The SMILES string of the molecule is OC1C2OCC(O2)C(OC2O[C@H]3COC(c4ccccc4)OC3C(O)C2O)C1O. The fourth-order valence-electron chi connectivity index (χ4n) is 4.16. The van der Waals surface area contributed by atoms with E-state index in [1.165, 1.54) is 0 Å². The summed E-state index contributed by atoms with van der Waals surface area (Å²) in [6.07, 6.45) is -11.3. The molecule has 1 aromatic rings. The van der Waals surface area contributed by atoms with Crippen LogP contribution in [0.2, 0.25) is 0 Å². The molecule has 0 amide bonds. The van der Waals surface area contributed by atoms with E-state index in [2.05, 4.69) is 0 Å². The molecule has 10 unspecified atom stereocenters. The van der Waals surface area contributed by atoms with E-state index in [4.69, 9.17) is 28.4 Å². The van der Waals surface area contributed by atoms with Gasteiger partial charge in [0.2, 0.25) is 0 Å². The number of hydrogen-bond donors (Lipinski definition) is 4. The average Bonchev–Trinajstić information content (AvgIpc) is 3.20. The quantitative estimate of drug-likeness (QED) is 0.460. The van der Waals surface area contributed by atoms with E-state index in [1.807, 2.05) is 30.3 Å². The highest BCUT2D eigenvalue weighted by Crippen LogP contribution is 2.36. The number of benzene rings is 1. The smallest absolute Gasteiger partial charge is 0.187 e. The number of rotatable bonds is 3. The molecule has 0 saturated carbocycles. The van der Waals surface area contributed by atoms with Gasteiger partial charge in [-0.2, -0.15) is 0 Å². The van der Waals surface area contributed by atoms with Crippen LogP contribution in [-0.2, 0) is 28.4 Å². The molecule has 2 bridgehead atoms. The summed E-state index contributed by atoms with van der Waals surface area (Å²) in [6, 6.07) is 9.26. The molecule has 4 heterocycles. The molecule has 29 heavy (non-hydrogen) atoms. The summed E-state index contributed by atoms with van der Waals surface area (Å²) >= 11 is 0. The predicted molar refractivity (Wildman–Crippen MR) is 92.2 cm³/mol. The lowest BCUT2D eigenvalue weighted by Gasteiger charge is -2.47. The van der Waals surface area contributed by atoms with Crippen LogP contribution in [0.5, 0.6) is 0 Å². The molecule has 11 atom stereocenters. The van der Waals surface area contributed by atoms with Gasteiger partial charge in [0.25, 0.3) is 0 Å². The molecule has 5 rings (SSSR count). The molecule has 0 spiro atoms. The molecular weight excluding hydrogens is 388 g/mol. The first-order chi connectivity index (χ1) is 14.0. The molecule has 0 aromatic heterocycles. The van der Waals surface area contributed by atoms with Crippen molar-refractivity contribution in [2.45, 2.75) is 67.7 Å². The summed E-state index contributed by atoms with van der Waals surface area (Å²) < 4.78 is 33.8. The van der Waals surface area contributed by atoms with Crippen LogP contribution in [0.25, 0.3) is 0 Å². The topological polar surface area (TPSA) is 136 Å². The highest BCUT2D eigenvalue weighted by Gasteiger charge is 2.54. The maximum absolute atomic E-state index is 10.6. The Balaban J connectivity index is 1.27. The third-order valence-corrected chi connectivity index (χ3v) is 5.76. The Morgan fingerprint density at radius 1 is 0.759 bits per heavy atom. The Morgan fingerprint density at radius 3 is 2.31 bits per heavy atom. The monoisotopic (exact) mass is 412 g/mol. The minimum atomic E-state index is -1.44. The van der Waals surface area contributed by atoms with Crippen LogP contribution < -0.4 is 0 Å². The zero-order chi connectivity index (χ0) is 20.1. The maximum atomic E-state index is 10.6. The van der Waals surface area contributed by atoms with Gasteiger partial charge in [0.1, 0.15) is 48.8 Å². The second-order valence-corrected chi connectivity index (χ2v) is 7.66. The predicted octanol–water partition coefficient (Wildman–Crippen LogP) is -1.59. The van der Waals surface area contributed by atoms with E-state index in [0.717, 1.165) is 5.56 Å². The van der Waals surface area contributed by atoms with Crippen LogP contribution in [0.1, 0.15) is 11.9 Å². The van der Waals surface area contributed by atoms with Gasteiger partial charge in [-0.1, -0.05) is 30.3 Å². The molecule has 10 nitrogen and oxygen atoms in total. The zero-order valence-corrected chi connectivity index (χ0v) is 15.4. The lowest BCUT2D eigenvalue weighted by molar-refractivity contribution is -0.376. The molecular formula is C19H24O10. The molecule has 0 radical (unpaired) electrons. The van der Waals surface area contributed by atoms with Gasteiger partial charge >= 0.3 is 0 Å². The van der Waals surface area contributed by atoms with Crippen molar-refractivity contribution < 1.29 is 48.8 Å². The molecule has 4 aliphatic rings. The fraction of sp³-hybridized carbons (Fsp3) is 0.684. The van der Waals surface area contributed by atoms with E-state index in [1.54, 1.807) is 0 Å². The van der Waals surface area contributed by atoms with Crippen LogP contribution in [0, 0.1) is 0 Å². The summed E-state index contributed by atoms with van der Waals surface area (Å²) in [5, 5.41) is 41.5. The molecule has 4 aliphatic heterocycles. The van der Waals surface area contributed by atoms with Gasteiger partial charge in [0.05, 0.1) is 13.2 Å². The van der Waals surface area contributed by atoms with Crippen molar-refractivity contribution in [1.29, 1.82) is 0 Å². The summed E-state index contributed by atoms with van der Waals surface area (Å²) in [6.45, 7) is 0.251. The lowest BCUT2D eigenvalue weighted by atomic mass is 9.97. The van der Waals surface area contributed by atoms with Crippen LogP contribution in [0.3, 0.4) is 0 Å². The molecule has 0 aliphatic carbocycles. The number of hydrogen-bond acceptors (Lipinski definition) is 10. The second-order valence-electron chi connectivity index (χ2n) is 7.66. The minimum Gasteiger partial charge on any atom is -0.387 e. The van der Waals surface area contributed by atoms with Crippen LogP contribution in [0.4, 0.5) is 0 Å². The highest BCUT2D eigenvalue weighted by atomic mass is 16.8. The summed E-state index contributed by atoms with van der Waals surface area (Å²) in [5.74, 6) is 0. The standard InChI is InChI=1S/C19H24O10/c20-11-13(22)18-25-7-9(26-18)16(11)29-19-14(23)12(21)15-10(27-19)6-24-17(28-15)8-4-2-1-3-5-8/h1-5,9-23H,6-7H2/t9?,10-,11?,12?,13?,14?,15?,16?,17?,18?,19?/m0/s1. The maximum Gasteiger partial charge on any atom is 0.187 e. The first-order valence-corrected chi connectivity index (χ1v) is 9.65. The number of aliphatic hydroxyl groups excluding tert-OH is 4. The van der Waals surface area contributed by atoms with Crippen molar-refractivity contribution in [3.63, 3.8) is 0 Å². The number of fused-ring (bicyclic) bond motifs is 3. The third-order valence-electron chi connectivity index (χ3n) is 5.76. The Bertz CT molecular complexity index is 701. The van der Waals surface area contributed by atoms with E-state index < -0.39 is 67.7 Å². The van der Waals surface area contributed by atoms with E-state index in [-0.39, 0.29) is 13.2 Å². The van der Waals surface area contributed by atoms with Crippen LogP contribution in [-0.4, -0.2) is 95.1 Å². The minimum absolute atomic E-state index is 0.120. The molecule has 4 saturated heterocycles. The third kappa shape index (κ3) is 3.49. The first-order valence-electron chi connectivity index (χ1n) is 9.65. The fourth-order valence-corrected chi connectivity index (χ4v) is 4.16. The lowest BCUT2D eigenvalue weighted by Crippen LogP contribution is -2.64. The van der Waals surface area contributed by atoms with Gasteiger partial charge in [-0.3, -0.25) is 0 Å². The van der Waals surface area contributed by atoms with Crippen molar-refractivity contribution in [2.24, 2.45) is 0 Å². The summed E-state index contributed by atoms with van der Waals surface area (Å²) in [7, 11) is 0. The Labute approximate surface area is 166 Å². The molecule has 4 N–H and O–H groups in total. The van der Waals surface area contributed by atoms with Crippen molar-refractivity contribution in [2.75, 3.05) is 13.2 Å². The van der Waals surface area contributed by atoms with Crippen molar-refractivity contribution in [1.82, 2.24) is 0 Å². The molecule has 160 valence electrons. The van der Waals surface area contributed by atoms with E-state index >= 15 is 0 Å². The largest absolute Gasteiger partial charge is 0.387 e. The normalized spacial score (nSPS) is 49.6. The number of aliphatic hydroxyl groups is 4. The Kier molecular flexibility index (Phi) is 5.33. The summed E-state index contributed by atoms with van der Waals surface area (Å²) in [5.41, 5.74) is 0.790. The molecule has 10 heteroatoms. The van der Waals surface area contributed by atoms with Gasteiger partial charge in [-0.25, -0.2) is 0 Å². The van der Waals surface area contributed by atoms with E-state index in [9.17, 15) is 20.4 Å². The molecule has 1 aromatic carbocycles. The van der Waals surface area contributed by atoms with Crippen molar-refractivity contribution >= 4 is 0 Å². The van der Waals surface area contributed by atoms with Crippen LogP contribution >= 0.6 is 0 Å². The average molecular weight is 412 g/mol. The van der Waals surface area contributed by atoms with Gasteiger partial charge in [0, 0.05) is 5.56 Å². The first kappa shape index (κ1) is 19.8. The second kappa shape index (κ2) is 7.82. The van der Waals surface area contributed by atoms with Crippen molar-refractivity contribution in [3.05, 3.63) is 35.9 Å².